The van der Waals surface area contributed by atoms with Gasteiger partial charge in [-0.2, -0.15) is 0 Å². The quantitative estimate of drug-likeness (QED) is 0.616. The standard InChI is InChI=1S/C25H34N2O5S/c1-8-31-23-17(4)11-20(12-18(23)5)33(29,30)26-19-9-10-21-22(13-19)32-15-25(6,7)24(28)27(21)14-16(2)3/h9-13,16,26H,8,14-15H2,1-7H3. The second-order valence-corrected chi connectivity index (χ2v) is 11.3. The van der Waals surface area contributed by atoms with Crippen LogP contribution in [0.3, 0.4) is 0 Å². The van der Waals surface area contributed by atoms with Crippen LogP contribution in [0.5, 0.6) is 11.5 Å². The van der Waals surface area contributed by atoms with Crippen molar-refractivity contribution in [2.45, 2.75) is 53.4 Å². The first-order valence-corrected chi connectivity index (χ1v) is 12.7. The molecule has 0 fully saturated rings. The van der Waals surface area contributed by atoms with E-state index in [1.807, 2.05) is 34.6 Å². The molecule has 2 aromatic carbocycles. The van der Waals surface area contributed by atoms with Gasteiger partial charge in [0.25, 0.3) is 10.0 Å². The molecule has 1 N–H and O–H groups in total. The van der Waals surface area contributed by atoms with Crippen LogP contribution in [0.1, 0.15) is 45.7 Å². The van der Waals surface area contributed by atoms with Gasteiger partial charge in [0.05, 0.1) is 28.3 Å². The fourth-order valence-corrected chi connectivity index (χ4v) is 5.13. The maximum absolute atomic E-state index is 13.1. The van der Waals surface area contributed by atoms with Gasteiger partial charge in [-0.05, 0) is 75.9 Å². The minimum absolute atomic E-state index is 0.0105. The minimum Gasteiger partial charge on any atom is -0.493 e. The summed E-state index contributed by atoms with van der Waals surface area (Å²) >= 11 is 0. The van der Waals surface area contributed by atoms with Crippen molar-refractivity contribution in [1.29, 1.82) is 0 Å². The van der Waals surface area contributed by atoms with Gasteiger partial charge < -0.3 is 14.4 Å². The highest BCUT2D eigenvalue weighted by Crippen LogP contribution is 2.39. The second kappa shape index (κ2) is 9.25. The first kappa shape index (κ1) is 24.9. The zero-order valence-electron chi connectivity index (χ0n) is 20.5. The van der Waals surface area contributed by atoms with Crippen molar-refractivity contribution in [2.24, 2.45) is 11.3 Å². The van der Waals surface area contributed by atoms with Gasteiger partial charge in [-0.15, -0.1) is 0 Å². The van der Waals surface area contributed by atoms with Crippen LogP contribution in [0, 0.1) is 25.2 Å². The van der Waals surface area contributed by atoms with Crippen LogP contribution in [0.25, 0.3) is 0 Å². The Kier molecular flexibility index (Phi) is 6.98. The van der Waals surface area contributed by atoms with Gasteiger partial charge >= 0.3 is 0 Å². The lowest BCUT2D eigenvalue weighted by Gasteiger charge is -2.29. The van der Waals surface area contributed by atoms with Crippen molar-refractivity contribution in [2.75, 3.05) is 29.4 Å². The van der Waals surface area contributed by atoms with E-state index >= 15 is 0 Å². The second-order valence-electron chi connectivity index (χ2n) is 9.59. The molecule has 0 aliphatic carbocycles. The van der Waals surface area contributed by atoms with Gasteiger partial charge in [-0.1, -0.05) is 13.8 Å². The Labute approximate surface area is 197 Å². The lowest BCUT2D eigenvalue weighted by atomic mass is 9.92. The highest BCUT2D eigenvalue weighted by molar-refractivity contribution is 7.92. The summed E-state index contributed by atoms with van der Waals surface area (Å²) in [6.45, 7) is 14.6. The van der Waals surface area contributed by atoms with Gasteiger partial charge in [0.15, 0.2) is 0 Å². The van der Waals surface area contributed by atoms with Crippen LogP contribution in [-0.4, -0.2) is 34.1 Å². The highest BCUT2D eigenvalue weighted by atomic mass is 32.2. The summed E-state index contributed by atoms with van der Waals surface area (Å²) in [5, 5.41) is 0. The number of fused-ring (bicyclic) bond motifs is 1. The van der Waals surface area contributed by atoms with E-state index < -0.39 is 15.4 Å². The number of carbonyl (C=O) groups is 1. The summed E-state index contributed by atoms with van der Waals surface area (Å²) in [6.07, 6.45) is 0. The Balaban J connectivity index is 1.95. The Hall–Kier alpha value is -2.74. The average molecular weight is 475 g/mol. The van der Waals surface area contributed by atoms with Crippen molar-refractivity contribution in [3.63, 3.8) is 0 Å². The summed E-state index contributed by atoms with van der Waals surface area (Å²) in [5.41, 5.74) is 1.84. The molecule has 7 nitrogen and oxygen atoms in total. The third-order valence-electron chi connectivity index (χ3n) is 5.50. The summed E-state index contributed by atoms with van der Waals surface area (Å²) < 4.78 is 40.5. The highest BCUT2D eigenvalue weighted by Gasteiger charge is 2.38. The first-order chi connectivity index (χ1) is 15.4. The summed E-state index contributed by atoms with van der Waals surface area (Å²) in [4.78, 5) is 15.0. The van der Waals surface area contributed by atoms with E-state index in [2.05, 4.69) is 18.6 Å². The van der Waals surface area contributed by atoms with E-state index in [4.69, 9.17) is 9.47 Å². The van der Waals surface area contributed by atoms with Crippen molar-refractivity contribution in [1.82, 2.24) is 0 Å². The SMILES string of the molecule is CCOc1c(C)cc(S(=O)(=O)Nc2ccc3c(c2)OCC(C)(C)C(=O)N3CC(C)C)cc1C. The fourth-order valence-electron chi connectivity index (χ4n) is 3.91. The van der Waals surface area contributed by atoms with Crippen molar-refractivity contribution >= 4 is 27.3 Å². The molecule has 3 rings (SSSR count). The lowest BCUT2D eigenvalue weighted by Crippen LogP contribution is -2.43. The molecular formula is C25H34N2O5S. The zero-order chi connectivity index (χ0) is 24.6. The number of hydrogen-bond acceptors (Lipinski definition) is 5. The van der Waals surface area contributed by atoms with E-state index in [9.17, 15) is 13.2 Å². The number of hydrogen-bond donors (Lipinski definition) is 1. The molecule has 8 heteroatoms. The third kappa shape index (κ3) is 5.27. The predicted octanol–water partition coefficient (Wildman–Crippen LogP) is 4.91. The van der Waals surface area contributed by atoms with Crippen LogP contribution in [0.2, 0.25) is 0 Å². The molecule has 0 saturated heterocycles. The third-order valence-corrected chi connectivity index (χ3v) is 6.86. The number of sulfonamides is 1. The largest absolute Gasteiger partial charge is 0.493 e. The number of anilines is 2. The minimum atomic E-state index is -3.83. The monoisotopic (exact) mass is 474 g/mol. The molecule has 0 radical (unpaired) electrons. The number of nitrogens with zero attached hydrogens (tertiary/aromatic N) is 1. The maximum atomic E-state index is 13.1. The molecule has 1 aliphatic heterocycles. The molecule has 1 amide bonds. The zero-order valence-corrected chi connectivity index (χ0v) is 21.3. The van der Waals surface area contributed by atoms with Crippen LogP contribution >= 0.6 is 0 Å². The molecule has 0 atom stereocenters. The number of benzene rings is 2. The molecule has 0 spiro atoms. The topological polar surface area (TPSA) is 84.9 Å². The number of rotatable bonds is 7. The van der Waals surface area contributed by atoms with Gasteiger partial charge in [0, 0.05) is 12.6 Å². The Morgan fingerprint density at radius 2 is 1.79 bits per heavy atom. The number of carbonyl (C=O) groups excluding carboxylic acids is 1. The molecule has 1 aliphatic rings. The molecule has 1 heterocycles. The number of aryl methyl sites for hydroxylation is 2. The fraction of sp³-hybridized carbons (Fsp3) is 0.480. The Morgan fingerprint density at radius 1 is 1.15 bits per heavy atom. The molecule has 0 unspecified atom stereocenters. The Bertz CT molecular complexity index is 1130. The Morgan fingerprint density at radius 3 is 2.36 bits per heavy atom. The normalized spacial score (nSPS) is 15.6. The van der Waals surface area contributed by atoms with Crippen molar-refractivity contribution < 1.29 is 22.7 Å². The molecule has 0 bridgehead atoms. The van der Waals surface area contributed by atoms with E-state index in [-0.39, 0.29) is 23.3 Å². The summed E-state index contributed by atoms with van der Waals surface area (Å²) in [7, 11) is -3.83. The van der Waals surface area contributed by atoms with E-state index in [0.717, 1.165) is 11.1 Å². The van der Waals surface area contributed by atoms with E-state index in [0.29, 0.717) is 36.0 Å². The van der Waals surface area contributed by atoms with Crippen LogP contribution in [0.15, 0.2) is 35.2 Å². The van der Waals surface area contributed by atoms with Gasteiger partial charge in [0.2, 0.25) is 5.91 Å². The molecule has 0 saturated carbocycles. The maximum Gasteiger partial charge on any atom is 0.261 e. The number of amides is 1. The van der Waals surface area contributed by atoms with Crippen LogP contribution in [-0.2, 0) is 14.8 Å². The van der Waals surface area contributed by atoms with Crippen molar-refractivity contribution in [3.05, 3.63) is 41.5 Å². The summed E-state index contributed by atoms with van der Waals surface area (Å²) in [6, 6.07) is 8.25. The van der Waals surface area contributed by atoms with E-state index in [1.165, 1.54) is 0 Å². The smallest absolute Gasteiger partial charge is 0.261 e. The first-order valence-electron chi connectivity index (χ1n) is 11.2. The van der Waals surface area contributed by atoms with Gasteiger partial charge in [-0.25, -0.2) is 8.42 Å². The van der Waals surface area contributed by atoms with Gasteiger partial charge in [-0.3, -0.25) is 9.52 Å². The van der Waals surface area contributed by atoms with Crippen LogP contribution in [0.4, 0.5) is 11.4 Å². The van der Waals surface area contributed by atoms with Crippen molar-refractivity contribution in [3.8, 4) is 11.5 Å². The number of ether oxygens (including phenoxy) is 2. The molecule has 2 aromatic rings. The van der Waals surface area contributed by atoms with E-state index in [1.54, 1.807) is 35.2 Å². The molecule has 180 valence electrons. The molecule has 33 heavy (non-hydrogen) atoms. The van der Waals surface area contributed by atoms with Gasteiger partial charge in [0.1, 0.15) is 18.1 Å². The summed E-state index contributed by atoms with van der Waals surface area (Å²) in [5.74, 6) is 1.44. The predicted molar refractivity (Wildman–Crippen MR) is 131 cm³/mol. The lowest BCUT2D eigenvalue weighted by molar-refractivity contribution is -0.127. The average Bonchev–Trinajstić information content (AvgIpc) is 2.80. The van der Waals surface area contributed by atoms with Crippen LogP contribution < -0.4 is 19.1 Å². The molecular weight excluding hydrogens is 440 g/mol. The molecule has 0 aromatic heterocycles. The number of nitrogens with one attached hydrogen (secondary N) is 1.